The van der Waals surface area contributed by atoms with E-state index in [2.05, 4.69) is 20.9 Å². The maximum absolute atomic E-state index is 12.1. The molecule has 0 atom stereocenters. The Labute approximate surface area is 189 Å². The number of anilines is 2. The molecule has 31 heavy (non-hydrogen) atoms. The molecule has 164 valence electrons. The summed E-state index contributed by atoms with van der Waals surface area (Å²) in [6.07, 6.45) is 0. The molecule has 10 heteroatoms. The van der Waals surface area contributed by atoms with Gasteiger partial charge < -0.3 is 25.6 Å². The fourth-order valence-corrected chi connectivity index (χ4v) is 3.45. The Hall–Kier alpha value is -2.81. The number of halogens is 2. The molecule has 0 spiro atoms. The number of carbonyl (C=O) groups excluding carboxylic acids is 3. The smallest absolute Gasteiger partial charge is 0.253 e. The number of ether oxygens (including phenoxy) is 1. The van der Waals surface area contributed by atoms with Crippen LogP contribution in [0.2, 0.25) is 10.0 Å². The van der Waals surface area contributed by atoms with Gasteiger partial charge in [-0.1, -0.05) is 23.2 Å². The molecule has 1 fully saturated rings. The summed E-state index contributed by atoms with van der Waals surface area (Å²) in [6, 6.07) is 11.9. The van der Waals surface area contributed by atoms with Crippen molar-refractivity contribution in [1.82, 2.24) is 10.6 Å². The number of hydrogen-bond donors (Lipinski definition) is 3. The first-order valence-corrected chi connectivity index (χ1v) is 10.4. The van der Waals surface area contributed by atoms with Gasteiger partial charge in [0.15, 0.2) is 0 Å². The Morgan fingerprint density at radius 2 is 1.58 bits per heavy atom. The summed E-state index contributed by atoms with van der Waals surface area (Å²) in [7, 11) is 0. The van der Waals surface area contributed by atoms with Crippen molar-refractivity contribution in [3.63, 3.8) is 0 Å². The van der Waals surface area contributed by atoms with E-state index in [1.54, 1.807) is 12.1 Å². The Morgan fingerprint density at radius 3 is 2.26 bits per heavy atom. The lowest BCUT2D eigenvalue weighted by molar-refractivity contribution is -0.123. The zero-order chi connectivity index (χ0) is 22.2. The van der Waals surface area contributed by atoms with Crippen LogP contribution in [0.1, 0.15) is 10.4 Å². The van der Waals surface area contributed by atoms with Gasteiger partial charge in [0.05, 0.1) is 36.9 Å². The SMILES string of the molecule is O=C(CNC(=O)c1ccc(Cl)cc1Cl)NCC(=O)Nc1ccc(N2CCOCC2)cc1. The summed E-state index contributed by atoms with van der Waals surface area (Å²) < 4.78 is 5.34. The average Bonchev–Trinajstić information content (AvgIpc) is 2.77. The topological polar surface area (TPSA) is 99.8 Å². The molecule has 2 aromatic rings. The summed E-state index contributed by atoms with van der Waals surface area (Å²) in [6.45, 7) is 2.55. The van der Waals surface area contributed by atoms with Gasteiger partial charge in [-0.05, 0) is 42.5 Å². The highest BCUT2D eigenvalue weighted by atomic mass is 35.5. The molecule has 0 unspecified atom stereocenters. The van der Waals surface area contributed by atoms with Gasteiger partial charge in [-0.3, -0.25) is 14.4 Å². The van der Waals surface area contributed by atoms with Crippen molar-refractivity contribution in [2.24, 2.45) is 0 Å². The van der Waals surface area contributed by atoms with Crippen molar-refractivity contribution in [2.45, 2.75) is 0 Å². The van der Waals surface area contributed by atoms with E-state index in [1.165, 1.54) is 18.2 Å². The molecule has 0 bridgehead atoms. The van der Waals surface area contributed by atoms with Crippen molar-refractivity contribution >= 4 is 52.3 Å². The molecule has 1 heterocycles. The molecule has 1 aliphatic heterocycles. The molecule has 2 aromatic carbocycles. The molecule has 1 saturated heterocycles. The van der Waals surface area contributed by atoms with E-state index >= 15 is 0 Å². The number of benzene rings is 2. The highest BCUT2D eigenvalue weighted by Crippen LogP contribution is 2.21. The Bertz CT molecular complexity index is 947. The van der Waals surface area contributed by atoms with Crippen molar-refractivity contribution < 1.29 is 19.1 Å². The Morgan fingerprint density at radius 1 is 0.903 bits per heavy atom. The minimum Gasteiger partial charge on any atom is -0.378 e. The third-order valence-corrected chi connectivity index (χ3v) is 5.11. The second kappa shape index (κ2) is 11.0. The van der Waals surface area contributed by atoms with E-state index < -0.39 is 11.8 Å². The van der Waals surface area contributed by atoms with Gasteiger partial charge in [-0.25, -0.2) is 0 Å². The number of amides is 3. The number of morpholine rings is 1. The van der Waals surface area contributed by atoms with Gasteiger partial charge in [0.1, 0.15) is 0 Å². The van der Waals surface area contributed by atoms with E-state index in [1.807, 2.05) is 12.1 Å². The summed E-state index contributed by atoms with van der Waals surface area (Å²) in [5.41, 5.74) is 1.89. The molecule has 1 aliphatic rings. The van der Waals surface area contributed by atoms with Crippen molar-refractivity contribution in [1.29, 1.82) is 0 Å². The van der Waals surface area contributed by atoms with Crippen LogP contribution < -0.4 is 20.9 Å². The van der Waals surface area contributed by atoms with Crippen LogP contribution in [0.15, 0.2) is 42.5 Å². The normalized spacial score (nSPS) is 13.4. The number of nitrogens with zero attached hydrogens (tertiary/aromatic N) is 1. The molecule has 0 saturated carbocycles. The van der Waals surface area contributed by atoms with Crippen LogP contribution in [0.25, 0.3) is 0 Å². The molecular formula is C21H22Cl2N4O4. The summed E-state index contributed by atoms with van der Waals surface area (Å²) >= 11 is 11.8. The lowest BCUT2D eigenvalue weighted by atomic mass is 10.2. The Balaban J connectivity index is 1.39. The van der Waals surface area contributed by atoms with Crippen LogP contribution in [-0.2, 0) is 14.3 Å². The minimum atomic E-state index is -0.512. The average molecular weight is 465 g/mol. The largest absolute Gasteiger partial charge is 0.378 e. The molecule has 0 aliphatic carbocycles. The maximum Gasteiger partial charge on any atom is 0.253 e. The maximum atomic E-state index is 12.1. The second-order valence-electron chi connectivity index (χ2n) is 6.78. The molecular weight excluding hydrogens is 443 g/mol. The molecule has 3 amide bonds. The van der Waals surface area contributed by atoms with Gasteiger partial charge in [-0.2, -0.15) is 0 Å². The quantitative estimate of drug-likeness (QED) is 0.583. The standard InChI is InChI=1S/C21H22Cl2N4O4/c22-14-1-6-17(18(23)11-14)21(30)25-12-19(28)24-13-20(29)26-15-2-4-16(5-3-15)27-7-9-31-10-8-27/h1-6,11H,7-10,12-13H2,(H,24,28)(H,25,30)(H,26,29). The second-order valence-corrected chi connectivity index (χ2v) is 7.62. The van der Waals surface area contributed by atoms with E-state index in [0.29, 0.717) is 23.9 Å². The van der Waals surface area contributed by atoms with Crippen LogP contribution in [-0.4, -0.2) is 57.1 Å². The molecule has 3 rings (SSSR count). The van der Waals surface area contributed by atoms with Gasteiger partial charge in [-0.15, -0.1) is 0 Å². The first-order valence-electron chi connectivity index (χ1n) is 9.65. The predicted octanol–water partition coefficient (Wildman–Crippen LogP) is 2.31. The number of hydrogen-bond acceptors (Lipinski definition) is 5. The van der Waals surface area contributed by atoms with E-state index in [9.17, 15) is 14.4 Å². The van der Waals surface area contributed by atoms with E-state index in [4.69, 9.17) is 27.9 Å². The zero-order valence-corrected chi connectivity index (χ0v) is 18.1. The van der Waals surface area contributed by atoms with Crippen molar-refractivity contribution in [3.05, 3.63) is 58.1 Å². The molecule has 0 radical (unpaired) electrons. The van der Waals surface area contributed by atoms with Gasteiger partial charge in [0, 0.05) is 29.5 Å². The fourth-order valence-electron chi connectivity index (χ4n) is 2.95. The number of carbonyl (C=O) groups is 3. The lowest BCUT2D eigenvalue weighted by Crippen LogP contribution is -2.40. The number of nitrogens with one attached hydrogen (secondary N) is 3. The fraction of sp³-hybridized carbons (Fsp3) is 0.286. The highest BCUT2D eigenvalue weighted by Gasteiger charge is 2.13. The molecule has 0 aromatic heterocycles. The first kappa shape index (κ1) is 22.9. The summed E-state index contributed by atoms with van der Waals surface area (Å²) in [4.78, 5) is 38.3. The van der Waals surface area contributed by atoms with E-state index in [0.717, 1.165) is 18.8 Å². The predicted molar refractivity (Wildman–Crippen MR) is 120 cm³/mol. The lowest BCUT2D eigenvalue weighted by Gasteiger charge is -2.28. The minimum absolute atomic E-state index is 0.185. The first-order chi connectivity index (χ1) is 14.9. The summed E-state index contributed by atoms with van der Waals surface area (Å²) in [5, 5.41) is 8.21. The van der Waals surface area contributed by atoms with Crippen molar-refractivity contribution in [2.75, 3.05) is 49.6 Å². The van der Waals surface area contributed by atoms with Crippen LogP contribution in [0.4, 0.5) is 11.4 Å². The highest BCUT2D eigenvalue weighted by molar-refractivity contribution is 6.36. The van der Waals surface area contributed by atoms with Gasteiger partial charge in [0.25, 0.3) is 5.91 Å². The monoisotopic (exact) mass is 464 g/mol. The summed E-state index contributed by atoms with van der Waals surface area (Å²) in [5.74, 6) is -1.39. The Kier molecular flexibility index (Phi) is 8.11. The third kappa shape index (κ3) is 6.85. The third-order valence-electron chi connectivity index (χ3n) is 4.56. The van der Waals surface area contributed by atoms with Crippen LogP contribution in [0.5, 0.6) is 0 Å². The molecule has 8 nitrogen and oxygen atoms in total. The number of rotatable bonds is 7. The van der Waals surface area contributed by atoms with E-state index in [-0.39, 0.29) is 29.6 Å². The zero-order valence-electron chi connectivity index (χ0n) is 16.6. The van der Waals surface area contributed by atoms with Crippen LogP contribution >= 0.6 is 23.2 Å². The van der Waals surface area contributed by atoms with Crippen LogP contribution in [0.3, 0.4) is 0 Å². The van der Waals surface area contributed by atoms with Crippen molar-refractivity contribution in [3.8, 4) is 0 Å². The molecule has 3 N–H and O–H groups in total. The van der Waals surface area contributed by atoms with Gasteiger partial charge >= 0.3 is 0 Å². The van der Waals surface area contributed by atoms with Crippen LogP contribution in [0, 0.1) is 0 Å². The van der Waals surface area contributed by atoms with Gasteiger partial charge in [0.2, 0.25) is 11.8 Å².